The molecule has 7 nitrogen and oxygen atoms in total. The molecule has 0 aromatic heterocycles. The maximum atomic E-state index is 13.3. The van der Waals surface area contributed by atoms with Crippen LogP contribution < -0.4 is 10.7 Å². The smallest absolute Gasteiger partial charge is 0.334 e. The summed E-state index contributed by atoms with van der Waals surface area (Å²) in [6.45, 7) is 1.28. The van der Waals surface area contributed by atoms with E-state index in [4.69, 9.17) is 5.73 Å². The molecule has 0 aliphatic heterocycles. The summed E-state index contributed by atoms with van der Waals surface area (Å²) in [7, 11) is 0. The lowest BCUT2D eigenvalue weighted by Gasteiger charge is -2.35. The van der Waals surface area contributed by atoms with E-state index in [0.717, 1.165) is 15.6 Å². The summed E-state index contributed by atoms with van der Waals surface area (Å²) in [4.78, 5) is 51.4. The fourth-order valence-corrected chi connectivity index (χ4v) is 3.78. The number of fused-ring (bicyclic) bond motifs is 2. The summed E-state index contributed by atoms with van der Waals surface area (Å²) in [5.74, 6) is -1.23. The van der Waals surface area contributed by atoms with E-state index >= 15 is 0 Å². The van der Waals surface area contributed by atoms with Gasteiger partial charge in [-0.25, -0.2) is 14.8 Å². The Kier molecular flexibility index (Phi) is 5.09. The molecule has 0 saturated heterocycles. The number of benzene rings is 3. The van der Waals surface area contributed by atoms with Crippen LogP contribution in [-0.2, 0) is 11.3 Å². The van der Waals surface area contributed by atoms with Gasteiger partial charge < -0.3 is 5.73 Å². The number of amides is 3. The van der Waals surface area contributed by atoms with E-state index in [1.54, 1.807) is 60.7 Å². The average molecular weight is 413 g/mol. The van der Waals surface area contributed by atoms with Crippen LogP contribution in [0.4, 0.5) is 10.5 Å². The summed E-state index contributed by atoms with van der Waals surface area (Å²) in [6, 6.07) is 19.3. The van der Waals surface area contributed by atoms with Gasteiger partial charge in [0.05, 0.1) is 17.8 Å². The Labute approximate surface area is 178 Å². The van der Waals surface area contributed by atoms with Crippen LogP contribution in [0.1, 0.15) is 44.3 Å². The first-order valence-corrected chi connectivity index (χ1v) is 9.63. The van der Waals surface area contributed by atoms with Crippen molar-refractivity contribution >= 4 is 29.2 Å². The van der Waals surface area contributed by atoms with E-state index < -0.39 is 17.7 Å². The zero-order valence-corrected chi connectivity index (χ0v) is 16.7. The minimum Gasteiger partial charge on any atom is -0.350 e. The molecule has 3 amide bonds. The molecule has 4 rings (SSSR count). The van der Waals surface area contributed by atoms with Crippen LogP contribution in [0.25, 0.3) is 0 Å². The van der Waals surface area contributed by atoms with E-state index in [9.17, 15) is 19.2 Å². The van der Waals surface area contributed by atoms with Crippen molar-refractivity contribution < 1.29 is 19.2 Å². The first-order chi connectivity index (χ1) is 14.9. The lowest BCUT2D eigenvalue weighted by atomic mass is 9.83. The molecule has 0 heterocycles. The number of ketones is 2. The fourth-order valence-electron chi connectivity index (χ4n) is 3.78. The number of urea groups is 1. The number of hydrogen-bond acceptors (Lipinski definition) is 4. The zero-order chi connectivity index (χ0) is 22.1. The Morgan fingerprint density at radius 3 is 1.97 bits per heavy atom. The third kappa shape index (κ3) is 3.46. The first-order valence-electron chi connectivity index (χ1n) is 9.63. The SMILES string of the molecule is CC(=O)N(c1cccc2c1C(=O)c1ccccc1C2=O)N(Cc1ccccc1)C(N)=O. The van der Waals surface area contributed by atoms with E-state index in [0.29, 0.717) is 5.56 Å². The van der Waals surface area contributed by atoms with Gasteiger partial charge in [0.15, 0.2) is 11.6 Å². The molecule has 31 heavy (non-hydrogen) atoms. The number of rotatable bonds is 3. The van der Waals surface area contributed by atoms with Gasteiger partial charge in [-0.2, -0.15) is 0 Å². The normalized spacial score (nSPS) is 12.0. The van der Waals surface area contributed by atoms with Gasteiger partial charge in [-0.05, 0) is 11.6 Å². The van der Waals surface area contributed by atoms with Crippen molar-refractivity contribution in [3.63, 3.8) is 0 Å². The Bertz CT molecular complexity index is 1220. The van der Waals surface area contributed by atoms with Crippen LogP contribution >= 0.6 is 0 Å². The maximum Gasteiger partial charge on any atom is 0.334 e. The van der Waals surface area contributed by atoms with Gasteiger partial charge in [-0.15, -0.1) is 0 Å². The highest BCUT2D eigenvalue weighted by Crippen LogP contribution is 2.34. The molecule has 2 N–H and O–H groups in total. The van der Waals surface area contributed by atoms with Crippen molar-refractivity contribution in [1.82, 2.24) is 5.01 Å². The predicted octanol–water partition coefficient (Wildman–Crippen LogP) is 3.31. The van der Waals surface area contributed by atoms with Crippen molar-refractivity contribution in [2.24, 2.45) is 5.73 Å². The van der Waals surface area contributed by atoms with Gasteiger partial charge in [0.25, 0.3) is 0 Å². The molecule has 0 atom stereocenters. The fraction of sp³-hybridized carbons (Fsp3) is 0.0833. The van der Waals surface area contributed by atoms with E-state index in [2.05, 4.69) is 0 Å². The molecular weight excluding hydrogens is 394 g/mol. The van der Waals surface area contributed by atoms with Crippen LogP contribution in [0.5, 0.6) is 0 Å². The number of anilines is 1. The van der Waals surface area contributed by atoms with E-state index in [-0.39, 0.29) is 34.7 Å². The Morgan fingerprint density at radius 1 is 0.774 bits per heavy atom. The number of nitrogens with two attached hydrogens (primary N) is 1. The van der Waals surface area contributed by atoms with Gasteiger partial charge in [0, 0.05) is 23.6 Å². The molecule has 3 aromatic rings. The predicted molar refractivity (Wildman–Crippen MR) is 114 cm³/mol. The summed E-state index contributed by atoms with van der Waals surface area (Å²) < 4.78 is 0. The molecule has 0 radical (unpaired) electrons. The second-order valence-electron chi connectivity index (χ2n) is 7.12. The first kappa shape index (κ1) is 20.0. The van der Waals surface area contributed by atoms with Crippen molar-refractivity contribution in [2.75, 3.05) is 5.01 Å². The molecule has 1 aliphatic rings. The van der Waals surface area contributed by atoms with Crippen molar-refractivity contribution in [1.29, 1.82) is 0 Å². The molecule has 1 aliphatic carbocycles. The summed E-state index contributed by atoms with van der Waals surface area (Å²) in [5, 5.41) is 2.12. The van der Waals surface area contributed by atoms with Gasteiger partial charge in [0.1, 0.15) is 0 Å². The maximum absolute atomic E-state index is 13.3. The third-order valence-electron chi connectivity index (χ3n) is 5.13. The monoisotopic (exact) mass is 413 g/mol. The van der Waals surface area contributed by atoms with Crippen LogP contribution in [-0.4, -0.2) is 28.5 Å². The number of carbonyl (C=O) groups is 4. The van der Waals surface area contributed by atoms with Crippen LogP contribution in [0.3, 0.4) is 0 Å². The molecule has 154 valence electrons. The number of hydrogen-bond donors (Lipinski definition) is 1. The lowest BCUT2D eigenvalue weighted by Crippen LogP contribution is -2.51. The molecular formula is C24H19N3O4. The second-order valence-corrected chi connectivity index (χ2v) is 7.12. The minimum absolute atomic E-state index is 0.0120. The van der Waals surface area contributed by atoms with Gasteiger partial charge in [-0.3, -0.25) is 14.4 Å². The average Bonchev–Trinajstić information content (AvgIpc) is 2.77. The summed E-state index contributed by atoms with van der Waals surface area (Å²) >= 11 is 0. The molecule has 0 fully saturated rings. The lowest BCUT2D eigenvalue weighted by molar-refractivity contribution is -0.119. The molecule has 7 heteroatoms. The second kappa shape index (κ2) is 7.87. The minimum atomic E-state index is -0.869. The van der Waals surface area contributed by atoms with Gasteiger partial charge >= 0.3 is 6.03 Å². The topological polar surface area (TPSA) is 101 Å². The van der Waals surface area contributed by atoms with Crippen molar-refractivity contribution in [3.8, 4) is 0 Å². The summed E-state index contributed by atoms with van der Waals surface area (Å²) in [6.07, 6.45) is 0. The highest BCUT2D eigenvalue weighted by molar-refractivity contribution is 6.30. The zero-order valence-electron chi connectivity index (χ0n) is 16.7. The third-order valence-corrected chi connectivity index (χ3v) is 5.13. The number of carbonyl (C=O) groups excluding carboxylic acids is 4. The standard InChI is InChI=1S/C24H19N3O4/c1-15(28)27(26(24(25)31)14-16-8-3-2-4-9-16)20-13-7-12-19-21(20)23(30)18-11-6-5-10-17(18)22(19)29/h2-13H,14H2,1H3,(H2,25,31). The molecule has 0 bridgehead atoms. The highest BCUT2D eigenvalue weighted by Gasteiger charge is 2.35. The van der Waals surface area contributed by atoms with Crippen LogP contribution in [0, 0.1) is 0 Å². The molecule has 0 saturated carbocycles. The number of primary amides is 1. The molecule has 3 aromatic carbocycles. The van der Waals surface area contributed by atoms with Gasteiger partial charge in [0.2, 0.25) is 5.91 Å². The van der Waals surface area contributed by atoms with Crippen LogP contribution in [0.2, 0.25) is 0 Å². The molecule has 0 spiro atoms. The van der Waals surface area contributed by atoms with Crippen molar-refractivity contribution in [3.05, 3.63) is 101 Å². The van der Waals surface area contributed by atoms with E-state index in [1.165, 1.54) is 13.0 Å². The van der Waals surface area contributed by atoms with Crippen LogP contribution in [0.15, 0.2) is 72.8 Å². The van der Waals surface area contributed by atoms with Gasteiger partial charge in [-0.1, -0.05) is 66.7 Å². The number of nitrogens with zero attached hydrogens (tertiary/aromatic N) is 2. The summed E-state index contributed by atoms with van der Waals surface area (Å²) in [5.41, 5.74) is 7.30. The van der Waals surface area contributed by atoms with E-state index in [1.807, 2.05) is 6.07 Å². The Balaban J connectivity index is 1.87. The Morgan fingerprint density at radius 2 is 1.35 bits per heavy atom. The molecule has 0 unspecified atom stereocenters. The largest absolute Gasteiger partial charge is 0.350 e. The quantitative estimate of drug-likeness (QED) is 0.521. The van der Waals surface area contributed by atoms with Crippen molar-refractivity contribution in [2.45, 2.75) is 13.5 Å². The Hall–Kier alpha value is -4.26. The highest BCUT2D eigenvalue weighted by atomic mass is 16.2. The number of hydrazine groups is 1.